The first-order chi connectivity index (χ1) is 11.7. The third kappa shape index (κ3) is 4.22. The standard InChI is InChI=1S/C18H27Cl2N3O2/c1-12(13-7-5-8-14(19)15(13)20)21-17(25)23(4)16-18(2,11-24)9-6-10-22(16)3/h5,7-8,12,16,24H,6,9-11H2,1-4H3,(H,21,25). The minimum absolute atomic E-state index is 0.0370. The highest BCUT2D eigenvalue weighted by Crippen LogP contribution is 2.36. The summed E-state index contributed by atoms with van der Waals surface area (Å²) in [5.74, 6) is 0. The first-order valence-electron chi connectivity index (χ1n) is 8.49. The predicted molar refractivity (Wildman–Crippen MR) is 102 cm³/mol. The molecule has 2 N–H and O–H groups in total. The maximum atomic E-state index is 12.8. The number of carbonyl (C=O) groups is 1. The summed E-state index contributed by atoms with van der Waals surface area (Å²) in [7, 11) is 3.75. The van der Waals surface area contributed by atoms with E-state index in [4.69, 9.17) is 23.2 Å². The van der Waals surface area contributed by atoms with Gasteiger partial charge in [0.15, 0.2) is 0 Å². The Hall–Kier alpha value is -1.01. The molecule has 3 unspecified atom stereocenters. The molecule has 1 heterocycles. The number of rotatable bonds is 4. The Balaban J connectivity index is 2.15. The largest absolute Gasteiger partial charge is 0.396 e. The summed E-state index contributed by atoms with van der Waals surface area (Å²) in [6.45, 7) is 4.83. The van der Waals surface area contributed by atoms with Crippen molar-refractivity contribution in [1.29, 1.82) is 0 Å². The molecule has 2 rings (SSSR count). The average Bonchev–Trinajstić information content (AvgIpc) is 2.56. The smallest absolute Gasteiger partial charge is 0.318 e. The molecular weight excluding hydrogens is 361 g/mol. The van der Waals surface area contributed by atoms with Crippen molar-refractivity contribution in [1.82, 2.24) is 15.1 Å². The van der Waals surface area contributed by atoms with Crippen molar-refractivity contribution < 1.29 is 9.90 Å². The second-order valence-electron chi connectivity index (χ2n) is 7.20. The van der Waals surface area contributed by atoms with Crippen molar-refractivity contribution in [2.45, 2.75) is 38.9 Å². The molecule has 0 radical (unpaired) electrons. The number of hydrogen-bond donors (Lipinski definition) is 2. The molecule has 3 atom stereocenters. The van der Waals surface area contributed by atoms with Crippen molar-refractivity contribution in [2.24, 2.45) is 5.41 Å². The van der Waals surface area contributed by atoms with Gasteiger partial charge in [0, 0.05) is 12.5 Å². The Kier molecular flexibility index (Phi) is 6.60. The van der Waals surface area contributed by atoms with Crippen LogP contribution in [0.3, 0.4) is 0 Å². The van der Waals surface area contributed by atoms with Crippen molar-refractivity contribution in [3.05, 3.63) is 33.8 Å². The molecule has 1 aliphatic heterocycles. The van der Waals surface area contributed by atoms with Gasteiger partial charge in [-0.05, 0) is 45.0 Å². The van der Waals surface area contributed by atoms with E-state index < -0.39 is 0 Å². The van der Waals surface area contributed by atoms with Crippen molar-refractivity contribution in [3.63, 3.8) is 0 Å². The second kappa shape index (κ2) is 8.12. The fourth-order valence-electron chi connectivity index (χ4n) is 3.77. The van der Waals surface area contributed by atoms with E-state index in [9.17, 15) is 9.90 Å². The molecule has 5 nitrogen and oxygen atoms in total. The molecule has 1 aliphatic rings. The molecule has 1 aromatic carbocycles. The van der Waals surface area contributed by atoms with Crippen LogP contribution in [0.4, 0.5) is 4.79 Å². The van der Waals surface area contributed by atoms with E-state index in [0.717, 1.165) is 24.9 Å². The first kappa shape index (κ1) is 20.3. The Labute approximate surface area is 159 Å². The topological polar surface area (TPSA) is 55.8 Å². The fraction of sp³-hybridized carbons (Fsp3) is 0.611. The molecular formula is C18H27Cl2N3O2. The summed E-state index contributed by atoms with van der Waals surface area (Å²) < 4.78 is 0. The predicted octanol–water partition coefficient (Wildman–Crippen LogP) is 3.75. The van der Waals surface area contributed by atoms with Crippen LogP contribution in [0.25, 0.3) is 0 Å². The minimum Gasteiger partial charge on any atom is -0.396 e. The summed E-state index contributed by atoms with van der Waals surface area (Å²) in [5.41, 5.74) is 0.425. The summed E-state index contributed by atoms with van der Waals surface area (Å²) in [6.07, 6.45) is 1.72. The van der Waals surface area contributed by atoms with Gasteiger partial charge in [0.2, 0.25) is 0 Å². The van der Waals surface area contributed by atoms with Gasteiger partial charge in [0.1, 0.15) is 0 Å². The summed E-state index contributed by atoms with van der Waals surface area (Å²) in [6, 6.07) is 4.90. The number of aliphatic hydroxyl groups excluding tert-OH is 1. The molecule has 7 heteroatoms. The highest BCUT2D eigenvalue weighted by Gasteiger charge is 2.43. The number of carbonyl (C=O) groups excluding carboxylic acids is 1. The van der Waals surface area contributed by atoms with Crippen LogP contribution >= 0.6 is 23.2 Å². The van der Waals surface area contributed by atoms with Gasteiger partial charge in [-0.1, -0.05) is 42.3 Å². The van der Waals surface area contributed by atoms with Gasteiger partial charge in [-0.15, -0.1) is 0 Å². The lowest BCUT2D eigenvalue weighted by molar-refractivity contribution is -0.0611. The molecule has 0 spiro atoms. The number of benzene rings is 1. The Morgan fingerprint density at radius 2 is 2.20 bits per heavy atom. The van der Waals surface area contributed by atoms with Crippen LogP contribution in [-0.4, -0.2) is 54.4 Å². The van der Waals surface area contributed by atoms with Gasteiger partial charge in [-0.2, -0.15) is 0 Å². The van der Waals surface area contributed by atoms with Crippen LogP contribution in [0.15, 0.2) is 18.2 Å². The molecule has 1 aromatic rings. The SMILES string of the molecule is CC(NC(=O)N(C)C1N(C)CCCC1(C)CO)c1cccc(Cl)c1Cl. The van der Waals surface area contributed by atoms with Crippen LogP contribution in [0, 0.1) is 5.41 Å². The van der Waals surface area contributed by atoms with Crippen molar-refractivity contribution >= 4 is 29.2 Å². The molecule has 0 bridgehead atoms. The number of halogens is 2. The molecule has 0 aromatic heterocycles. The van der Waals surface area contributed by atoms with Gasteiger partial charge in [0.25, 0.3) is 0 Å². The summed E-state index contributed by atoms with van der Waals surface area (Å²) in [4.78, 5) is 16.6. The van der Waals surface area contributed by atoms with Crippen LogP contribution in [0.2, 0.25) is 10.0 Å². The Bertz CT molecular complexity index is 628. The highest BCUT2D eigenvalue weighted by atomic mass is 35.5. The van der Waals surface area contributed by atoms with Crippen molar-refractivity contribution in [2.75, 3.05) is 27.2 Å². The zero-order valence-electron chi connectivity index (χ0n) is 15.2. The minimum atomic E-state index is -0.351. The monoisotopic (exact) mass is 387 g/mol. The number of nitrogens with one attached hydrogen (secondary N) is 1. The number of likely N-dealkylation sites (tertiary alicyclic amines) is 1. The third-order valence-electron chi connectivity index (χ3n) is 5.14. The fourth-order valence-corrected chi connectivity index (χ4v) is 4.24. The molecule has 25 heavy (non-hydrogen) atoms. The molecule has 2 amide bonds. The third-order valence-corrected chi connectivity index (χ3v) is 5.97. The molecule has 1 fully saturated rings. The Morgan fingerprint density at radius 3 is 2.84 bits per heavy atom. The van der Waals surface area contributed by atoms with Gasteiger partial charge in [0.05, 0.1) is 28.9 Å². The van der Waals surface area contributed by atoms with E-state index in [2.05, 4.69) is 10.2 Å². The molecule has 140 valence electrons. The van der Waals surface area contributed by atoms with Crippen LogP contribution < -0.4 is 5.32 Å². The highest BCUT2D eigenvalue weighted by molar-refractivity contribution is 6.42. The normalized spacial score (nSPS) is 25.5. The van der Waals surface area contributed by atoms with E-state index in [1.165, 1.54) is 0 Å². The zero-order valence-corrected chi connectivity index (χ0v) is 16.7. The Morgan fingerprint density at radius 1 is 1.52 bits per heavy atom. The maximum absolute atomic E-state index is 12.8. The number of nitrogens with zero attached hydrogens (tertiary/aromatic N) is 2. The quantitative estimate of drug-likeness (QED) is 0.826. The van der Waals surface area contributed by atoms with Gasteiger partial charge in [-0.25, -0.2) is 4.79 Å². The molecule has 0 aliphatic carbocycles. The number of aliphatic hydroxyl groups is 1. The van der Waals surface area contributed by atoms with Gasteiger partial charge < -0.3 is 15.3 Å². The average molecular weight is 388 g/mol. The second-order valence-corrected chi connectivity index (χ2v) is 7.98. The number of amides is 2. The molecule has 0 saturated carbocycles. The van der Waals surface area contributed by atoms with Crippen LogP contribution in [0.1, 0.15) is 38.3 Å². The maximum Gasteiger partial charge on any atom is 0.318 e. The van der Waals surface area contributed by atoms with E-state index in [0.29, 0.717) is 10.0 Å². The van der Waals surface area contributed by atoms with E-state index in [1.54, 1.807) is 18.0 Å². The lowest BCUT2D eigenvalue weighted by atomic mass is 9.79. The van der Waals surface area contributed by atoms with E-state index >= 15 is 0 Å². The molecule has 1 saturated heterocycles. The van der Waals surface area contributed by atoms with Crippen molar-refractivity contribution in [3.8, 4) is 0 Å². The number of hydrogen-bond acceptors (Lipinski definition) is 3. The summed E-state index contributed by atoms with van der Waals surface area (Å²) in [5, 5.41) is 13.8. The van der Waals surface area contributed by atoms with E-state index in [-0.39, 0.29) is 30.3 Å². The summed E-state index contributed by atoms with van der Waals surface area (Å²) >= 11 is 12.3. The lowest BCUT2D eigenvalue weighted by Crippen LogP contribution is -2.61. The first-order valence-corrected chi connectivity index (χ1v) is 9.25. The van der Waals surface area contributed by atoms with Gasteiger partial charge in [-0.3, -0.25) is 4.90 Å². The van der Waals surface area contributed by atoms with Gasteiger partial charge >= 0.3 is 6.03 Å². The number of piperidine rings is 1. The van der Waals surface area contributed by atoms with Crippen LogP contribution in [-0.2, 0) is 0 Å². The zero-order chi connectivity index (χ0) is 18.8. The lowest BCUT2D eigenvalue weighted by Gasteiger charge is -2.49. The van der Waals surface area contributed by atoms with E-state index in [1.807, 2.05) is 33.0 Å². The number of urea groups is 1. The van der Waals surface area contributed by atoms with Crippen LogP contribution in [0.5, 0.6) is 0 Å².